The maximum absolute atomic E-state index is 16.6. The number of ketones is 1. The summed E-state index contributed by atoms with van der Waals surface area (Å²) in [5.41, 5.74) is -1.68. The molecular weight excluding hydrogens is 604 g/mol. The topological polar surface area (TPSA) is 115 Å². The highest BCUT2D eigenvalue weighted by atomic mass is 32.2. The van der Waals surface area contributed by atoms with E-state index in [1.54, 1.807) is 24.3 Å². The number of carbonyl (C=O) groups excluding carboxylic acids is 1. The van der Waals surface area contributed by atoms with Crippen LogP contribution in [-0.2, 0) is 26.5 Å². The van der Waals surface area contributed by atoms with E-state index in [2.05, 4.69) is 20.9 Å². The van der Waals surface area contributed by atoms with Crippen LogP contribution in [0.15, 0.2) is 40.9 Å². The monoisotopic (exact) mass is 630 g/mol. The van der Waals surface area contributed by atoms with Crippen LogP contribution in [0.2, 0.25) is 0 Å². The molecule has 0 N–H and O–H groups in total. The lowest BCUT2D eigenvalue weighted by Crippen LogP contribution is -2.41. The lowest BCUT2D eigenvalue weighted by molar-refractivity contribution is -0.144. The average molecular weight is 631 g/mol. The highest BCUT2D eigenvalue weighted by Gasteiger charge is 2.48. The van der Waals surface area contributed by atoms with Crippen molar-refractivity contribution in [2.75, 3.05) is 23.0 Å². The van der Waals surface area contributed by atoms with Crippen molar-refractivity contribution in [2.24, 2.45) is 5.92 Å². The summed E-state index contributed by atoms with van der Waals surface area (Å²) in [5, 5.41) is 0.349. The van der Waals surface area contributed by atoms with E-state index in [0.29, 0.717) is 11.0 Å². The minimum absolute atomic E-state index is 0.0175. The van der Waals surface area contributed by atoms with Gasteiger partial charge in [-0.3, -0.25) is 4.79 Å². The first-order chi connectivity index (χ1) is 20.7. The third kappa shape index (κ3) is 5.12. The largest absolute Gasteiger partial charge is 0.472 e. The number of nitrogens with zero attached hydrogens (tertiary/aromatic N) is 4. The summed E-state index contributed by atoms with van der Waals surface area (Å²) in [6.07, 6.45) is 0.794. The Bertz CT molecular complexity index is 1950. The van der Waals surface area contributed by atoms with Crippen LogP contribution in [0.25, 0.3) is 22.1 Å². The first-order valence-electron chi connectivity index (χ1n) is 13.8. The molecule has 0 radical (unpaired) electrons. The number of benzene rings is 1. The third-order valence-corrected chi connectivity index (χ3v) is 10.1. The lowest BCUT2D eigenvalue weighted by atomic mass is 9.82. The molecule has 4 atom stereocenters. The van der Waals surface area contributed by atoms with Crippen LogP contribution in [0.1, 0.15) is 43.6 Å². The molecule has 0 saturated carbocycles. The van der Waals surface area contributed by atoms with Gasteiger partial charge >= 0.3 is 6.18 Å². The van der Waals surface area contributed by atoms with E-state index >= 15 is 4.39 Å². The molecule has 2 aliphatic heterocycles. The Hall–Kier alpha value is -4.25. The number of anilines is 1. The maximum Gasteiger partial charge on any atom is 0.451 e. The lowest BCUT2D eigenvalue weighted by Gasteiger charge is -2.36. The fourth-order valence-electron chi connectivity index (χ4n) is 6.03. The number of furan rings is 1. The average Bonchev–Trinajstić information content (AvgIpc) is 3.56. The number of para-hydroxylation sites is 1. The molecule has 3 aromatic heterocycles. The maximum atomic E-state index is 16.6. The van der Waals surface area contributed by atoms with E-state index in [4.69, 9.17) is 15.6 Å². The normalized spacial score (nSPS) is 25.3. The molecule has 0 bridgehead atoms. The van der Waals surface area contributed by atoms with Crippen molar-refractivity contribution in [1.82, 2.24) is 15.0 Å². The van der Waals surface area contributed by atoms with E-state index in [9.17, 15) is 26.4 Å². The minimum atomic E-state index is -4.89. The van der Waals surface area contributed by atoms with Crippen molar-refractivity contribution in [2.45, 2.75) is 50.7 Å². The molecule has 44 heavy (non-hydrogen) atoms. The van der Waals surface area contributed by atoms with Gasteiger partial charge in [0, 0.05) is 35.9 Å². The fourth-order valence-corrected chi connectivity index (χ4v) is 7.83. The number of sulfone groups is 1. The number of fused-ring (bicyclic) bond motifs is 3. The number of Topliss-reactive ketones (excluding diaryl/α,β-unsaturated/α-hetero) is 1. The minimum Gasteiger partial charge on any atom is -0.472 e. The molecule has 0 aliphatic carbocycles. The molecule has 2 saturated heterocycles. The number of terminal acetylenes is 1. The molecule has 5 heterocycles. The molecule has 2 fully saturated rings. The van der Waals surface area contributed by atoms with E-state index in [1.165, 1.54) is 31.0 Å². The standard InChI is InChI=1S/C30H26F4N4O5S/c1-4-18-11-21(29(31)9-10-44(40,41)15-16(29)2)27(35-13-18)42-19-12-22(17(3)39)38(14-19)26-25-24(36-28(37-26)30(32,33)34)20-7-5-6-8-23(20)43-25/h1,5-8,11,13,16,19,22H,9-10,12,14-15H2,2-3H3/t16-,19-,22-,29+/m0/s1. The predicted octanol–water partition coefficient (Wildman–Crippen LogP) is 5.01. The third-order valence-electron chi connectivity index (χ3n) is 8.27. The summed E-state index contributed by atoms with van der Waals surface area (Å²) >= 11 is 0. The smallest absolute Gasteiger partial charge is 0.451 e. The number of hydrogen-bond acceptors (Lipinski definition) is 9. The first kappa shape index (κ1) is 29.8. The number of pyridine rings is 1. The van der Waals surface area contributed by atoms with Crippen molar-refractivity contribution in [1.29, 1.82) is 0 Å². The van der Waals surface area contributed by atoms with Gasteiger partial charge in [-0.2, -0.15) is 13.2 Å². The van der Waals surface area contributed by atoms with E-state index < -0.39 is 45.6 Å². The highest BCUT2D eigenvalue weighted by Crippen LogP contribution is 2.46. The summed E-state index contributed by atoms with van der Waals surface area (Å²) in [7, 11) is -3.45. The second-order valence-electron chi connectivity index (χ2n) is 11.2. The number of ether oxygens (including phenoxy) is 1. The number of aromatic nitrogens is 3. The second kappa shape index (κ2) is 10.4. The predicted molar refractivity (Wildman–Crippen MR) is 153 cm³/mol. The molecule has 230 valence electrons. The second-order valence-corrected chi connectivity index (χ2v) is 13.5. The summed E-state index contributed by atoms with van der Waals surface area (Å²) < 4.78 is 94.9. The van der Waals surface area contributed by atoms with Crippen molar-refractivity contribution >= 4 is 43.5 Å². The first-order valence-corrected chi connectivity index (χ1v) is 15.6. The summed E-state index contributed by atoms with van der Waals surface area (Å²) in [6.45, 7) is 2.66. The number of alkyl halides is 4. The molecule has 0 unspecified atom stereocenters. The van der Waals surface area contributed by atoms with Gasteiger partial charge in [0.05, 0.1) is 29.7 Å². The summed E-state index contributed by atoms with van der Waals surface area (Å²) in [6, 6.07) is 6.90. The molecule has 14 heteroatoms. The number of rotatable bonds is 5. The quantitative estimate of drug-likeness (QED) is 0.222. The van der Waals surface area contributed by atoms with Gasteiger partial charge in [0.2, 0.25) is 11.7 Å². The van der Waals surface area contributed by atoms with Gasteiger partial charge in [0.1, 0.15) is 22.9 Å². The Morgan fingerprint density at radius 2 is 2.00 bits per heavy atom. The number of hydrogen-bond donors (Lipinski definition) is 0. The SMILES string of the molecule is C#Cc1cnc(O[C@H]2C[C@@H](C(C)=O)N(c3nc(C(F)(F)F)nc4c3oc3ccccc34)C2)c([C@@]2(F)CCS(=O)(=O)C[C@@H]2C)c1. The van der Waals surface area contributed by atoms with E-state index in [-0.39, 0.29) is 70.6 Å². The summed E-state index contributed by atoms with van der Waals surface area (Å²) in [5.74, 6) is -1.42. The Morgan fingerprint density at radius 1 is 1.25 bits per heavy atom. The van der Waals surface area contributed by atoms with Crippen LogP contribution in [0, 0.1) is 18.3 Å². The van der Waals surface area contributed by atoms with Gasteiger partial charge in [-0.15, -0.1) is 6.42 Å². The van der Waals surface area contributed by atoms with Crippen LogP contribution < -0.4 is 9.64 Å². The molecular formula is C30H26F4N4O5S. The van der Waals surface area contributed by atoms with Crippen molar-refractivity contribution in [3.05, 3.63) is 53.5 Å². The molecule has 0 spiro atoms. The molecule has 6 rings (SSSR count). The Kier molecular flexibility index (Phi) is 7.07. The molecule has 2 aliphatic rings. The van der Waals surface area contributed by atoms with Crippen LogP contribution >= 0.6 is 0 Å². The van der Waals surface area contributed by atoms with Crippen molar-refractivity contribution in [3.63, 3.8) is 0 Å². The van der Waals surface area contributed by atoms with Crippen molar-refractivity contribution in [3.8, 4) is 18.2 Å². The van der Waals surface area contributed by atoms with E-state index in [1.807, 2.05) is 0 Å². The number of carbonyl (C=O) groups is 1. The summed E-state index contributed by atoms with van der Waals surface area (Å²) in [4.78, 5) is 26.0. The Balaban J connectivity index is 1.41. The molecule has 0 amide bonds. The zero-order chi connectivity index (χ0) is 31.6. The van der Waals surface area contributed by atoms with Gasteiger partial charge < -0.3 is 14.1 Å². The molecule has 1 aromatic carbocycles. The van der Waals surface area contributed by atoms with Gasteiger partial charge in [0.25, 0.3) is 0 Å². The van der Waals surface area contributed by atoms with Gasteiger partial charge in [0.15, 0.2) is 27.0 Å². The van der Waals surface area contributed by atoms with Crippen molar-refractivity contribution < 1.29 is 39.9 Å². The van der Waals surface area contributed by atoms with Crippen LogP contribution in [0.3, 0.4) is 0 Å². The van der Waals surface area contributed by atoms with Gasteiger partial charge in [-0.25, -0.2) is 27.8 Å². The molecule has 9 nitrogen and oxygen atoms in total. The fraction of sp³-hybridized carbons (Fsp3) is 0.400. The Labute approximate surface area is 249 Å². The van der Waals surface area contributed by atoms with Gasteiger partial charge in [-0.05, 0) is 25.1 Å². The zero-order valence-corrected chi connectivity index (χ0v) is 24.4. The van der Waals surface area contributed by atoms with E-state index in [0.717, 1.165) is 0 Å². The van der Waals surface area contributed by atoms with Crippen LogP contribution in [-0.4, -0.2) is 59.3 Å². The Morgan fingerprint density at radius 3 is 2.68 bits per heavy atom. The number of halogens is 4. The van der Waals surface area contributed by atoms with Gasteiger partial charge in [-0.1, -0.05) is 25.0 Å². The molecule has 4 aromatic rings. The highest BCUT2D eigenvalue weighted by molar-refractivity contribution is 7.91. The zero-order valence-electron chi connectivity index (χ0n) is 23.6. The van der Waals surface area contributed by atoms with Crippen LogP contribution in [0.4, 0.5) is 23.4 Å². The van der Waals surface area contributed by atoms with Crippen LogP contribution in [0.5, 0.6) is 5.88 Å².